The van der Waals surface area contributed by atoms with Gasteiger partial charge < -0.3 is 15.6 Å². The molecule has 3 heteroatoms. The van der Waals surface area contributed by atoms with Crippen molar-refractivity contribution in [2.75, 3.05) is 13.2 Å². The van der Waals surface area contributed by atoms with Gasteiger partial charge >= 0.3 is 0 Å². The van der Waals surface area contributed by atoms with E-state index in [-0.39, 0.29) is 12.7 Å². The Labute approximate surface area is 134 Å². The number of hydrogen-bond donors (Lipinski definition) is 2. The Morgan fingerprint density at radius 1 is 1.14 bits per heavy atom. The quantitative estimate of drug-likeness (QED) is 0.683. The lowest BCUT2D eigenvalue weighted by Crippen LogP contribution is -2.44. The van der Waals surface area contributed by atoms with E-state index in [1.807, 2.05) is 0 Å². The Morgan fingerprint density at radius 2 is 1.82 bits per heavy atom. The van der Waals surface area contributed by atoms with Gasteiger partial charge in [0.25, 0.3) is 0 Å². The molecule has 1 aromatic carbocycles. The van der Waals surface area contributed by atoms with Gasteiger partial charge in [-0.2, -0.15) is 0 Å². The summed E-state index contributed by atoms with van der Waals surface area (Å²) < 4.78 is 5.74. The molecule has 3 N–H and O–H groups in total. The average Bonchev–Trinajstić information content (AvgIpc) is 2.94. The molecule has 0 spiro atoms. The first-order valence-electron chi connectivity index (χ1n) is 8.77. The van der Waals surface area contributed by atoms with Crippen LogP contribution in [0.1, 0.15) is 69.1 Å². The maximum Gasteiger partial charge on any atom is 0.0845 e. The van der Waals surface area contributed by atoms with Crippen LogP contribution in [-0.4, -0.2) is 23.9 Å². The van der Waals surface area contributed by atoms with Crippen molar-refractivity contribution in [2.45, 2.75) is 69.9 Å². The number of aliphatic hydroxyl groups excluding tert-OH is 1. The summed E-state index contributed by atoms with van der Waals surface area (Å²) in [5.74, 6) is 0. The molecule has 0 saturated carbocycles. The fourth-order valence-corrected chi connectivity index (χ4v) is 3.09. The predicted octanol–water partition coefficient (Wildman–Crippen LogP) is 3.74. The van der Waals surface area contributed by atoms with Gasteiger partial charge in [-0.25, -0.2) is 0 Å². The molecule has 2 rings (SSSR count). The summed E-state index contributed by atoms with van der Waals surface area (Å²) >= 11 is 0. The number of unbranched alkanes of at least 4 members (excludes halogenated alkanes) is 5. The number of ether oxygens (including phenoxy) is 1. The van der Waals surface area contributed by atoms with Crippen molar-refractivity contribution in [3.8, 4) is 0 Å². The van der Waals surface area contributed by atoms with Gasteiger partial charge in [0.2, 0.25) is 0 Å². The second kappa shape index (κ2) is 8.66. The molecule has 3 nitrogen and oxygen atoms in total. The van der Waals surface area contributed by atoms with E-state index in [0.29, 0.717) is 13.0 Å². The van der Waals surface area contributed by atoms with E-state index in [9.17, 15) is 5.11 Å². The third kappa shape index (κ3) is 5.08. The Hall–Kier alpha value is -0.900. The van der Waals surface area contributed by atoms with Crippen LogP contribution in [0.3, 0.4) is 0 Å². The molecule has 1 saturated heterocycles. The van der Waals surface area contributed by atoms with E-state index in [0.717, 1.165) is 6.42 Å². The average molecular weight is 305 g/mol. The smallest absolute Gasteiger partial charge is 0.0845 e. The highest BCUT2D eigenvalue weighted by molar-refractivity contribution is 5.25. The van der Waals surface area contributed by atoms with E-state index in [1.54, 1.807) is 0 Å². The van der Waals surface area contributed by atoms with Crippen molar-refractivity contribution in [1.82, 2.24) is 0 Å². The third-order valence-electron chi connectivity index (χ3n) is 4.65. The van der Waals surface area contributed by atoms with Crippen molar-refractivity contribution < 1.29 is 9.84 Å². The minimum Gasteiger partial charge on any atom is -0.394 e. The fourth-order valence-electron chi connectivity index (χ4n) is 3.09. The monoisotopic (exact) mass is 305 g/mol. The van der Waals surface area contributed by atoms with Gasteiger partial charge in [-0.15, -0.1) is 0 Å². The molecule has 1 aromatic rings. The molecule has 0 bridgehead atoms. The lowest BCUT2D eigenvalue weighted by Gasteiger charge is -2.18. The van der Waals surface area contributed by atoms with Crippen LogP contribution in [0.25, 0.3) is 0 Å². The van der Waals surface area contributed by atoms with Crippen LogP contribution >= 0.6 is 0 Å². The van der Waals surface area contributed by atoms with Gasteiger partial charge in [-0.05, 0) is 24.0 Å². The lowest BCUT2D eigenvalue weighted by molar-refractivity contribution is 0.0960. The maximum atomic E-state index is 9.30. The van der Waals surface area contributed by atoms with Crippen molar-refractivity contribution >= 4 is 0 Å². The Balaban J connectivity index is 1.74. The molecule has 1 heterocycles. The summed E-state index contributed by atoms with van der Waals surface area (Å²) in [7, 11) is 0. The molecule has 1 fully saturated rings. The Kier molecular flexibility index (Phi) is 6.87. The van der Waals surface area contributed by atoms with Crippen LogP contribution in [0, 0.1) is 0 Å². The van der Waals surface area contributed by atoms with Gasteiger partial charge in [0.15, 0.2) is 0 Å². The topological polar surface area (TPSA) is 55.5 Å². The van der Waals surface area contributed by atoms with E-state index in [2.05, 4.69) is 31.2 Å². The number of aryl methyl sites for hydroxylation is 1. The zero-order chi connectivity index (χ0) is 15.8. The van der Waals surface area contributed by atoms with Gasteiger partial charge in [-0.3, -0.25) is 0 Å². The van der Waals surface area contributed by atoms with E-state index < -0.39 is 5.54 Å². The van der Waals surface area contributed by atoms with Crippen molar-refractivity contribution in [3.63, 3.8) is 0 Å². The van der Waals surface area contributed by atoms with Crippen LogP contribution in [0.4, 0.5) is 0 Å². The predicted molar refractivity (Wildman–Crippen MR) is 90.8 cm³/mol. The summed E-state index contributed by atoms with van der Waals surface area (Å²) in [6.07, 6.45) is 9.91. The maximum absolute atomic E-state index is 9.30. The highest BCUT2D eigenvalue weighted by Gasteiger charge is 2.36. The molecule has 22 heavy (non-hydrogen) atoms. The van der Waals surface area contributed by atoms with Gasteiger partial charge in [-0.1, -0.05) is 63.3 Å². The molecule has 124 valence electrons. The first kappa shape index (κ1) is 17.5. The van der Waals surface area contributed by atoms with Crippen molar-refractivity contribution in [2.24, 2.45) is 5.73 Å². The SMILES string of the molecule is CCCCCCCCc1ccc([C@H]2C[C@](N)(CO)CO2)cc1. The van der Waals surface area contributed by atoms with Gasteiger partial charge in [0.1, 0.15) is 0 Å². The van der Waals surface area contributed by atoms with Crippen LogP contribution in [0.15, 0.2) is 24.3 Å². The number of nitrogens with two attached hydrogens (primary N) is 1. The molecule has 2 atom stereocenters. The van der Waals surface area contributed by atoms with Crippen LogP contribution in [0.5, 0.6) is 0 Å². The Bertz CT molecular complexity index is 432. The van der Waals surface area contributed by atoms with E-state index in [1.165, 1.54) is 49.7 Å². The van der Waals surface area contributed by atoms with Gasteiger partial charge in [0.05, 0.1) is 24.9 Å². The molecule has 0 unspecified atom stereocenters. The van der Waals surface area contributed by atoms with Crippen LogP contribution in [-0.2, 0) is 11.2 Å². The minimum atomic E-state index is -0.568. The largest absolute Gasteiger partial charge is 0.394 e. The summed E-state index contributed by atoms with van der Waals surface area (Å²) in [6.45, 7) is 2.68. The van der Waals surface area contributed by atoms with Crippen molar-refractivity contribution in [1.29, 1.82) is 0 Å². The summed E-state index contributed by atoms with van der Waals surface area (Å²) in [4.78, 5) is 0. The first-order chi connectivity index (χ1) is 10.7. The highest BCUT2D eigenvalue weighted by Crippen LogP contribution is 2.33. The summed E-state index contributed by atoms with van der Waals surface area (Å²) in [5, 5.41) is 9.30. The molecule has 0 aliphatic carbocycles. The number of aliphatic hydroxyl groups is 1. The number of hydrogen-bond acceptors (Lipinski definition) is 3. The van der Waals surface area contributed by atoms with E-state index in [4.69, 9.17) is 10.5 Å². The zero-order valence-corrected chi connectivity index (χ0v) is 13.9. The molecular formula is C19H31NO2. The molecular weight excluding hydrogens is 274 g/mol. The molecule has 1 aliphatic rings. The van der Waals surface area contributed by atoms with Gasteiger partial charge in [0, 0.05) is 6.42 Å². The number of rotatable bonds is 9. The third-order valence-corrected chi connectivity index (χ3v) is 4.65. The standard InChI is InChI=1S/C19H31NO2/c1-2-3-4-5-6-7-8-16-9-11-17(12-10-16)18-13-19(20,14-21)15-22-18/h9-12,18,21H,2-8,13-15,20H2,1H3/t18-,19+/m1/s1. The second-order valence-electron chi connectivity index (χ2n) is 6.78. The summed E-state index contributed by atoms with van der Waals surface area (Å²) in [5.41, 5.74) is 8.06. The van der Waals surface area contributed by atoms with Crippen molar-refractivity contribution in [3.05, 3.63) is 35.4 Å². The molecule has 0 amide bonds. The van der Waals surface area contributed by atoms with E-state index >= 15 is 0 Å². The highest BCUT2D eigenvalue weighted by atomic mass is 16.5. The van der Waals surface area contributed by atoms with Crippen LogP contribution in [0.2, 0.25) is 0 Å². The second-order valence-corrected chi connectivity index (χ2v) is 6.78. The number of benzene rings is 1. The first-order valence-corrected chi connectivity index (χ1v) is 8.77. The zero-order valence-electron chi connectivity index (χ0n) is 13.9. The molecule has 1 aliphatic heterocycles. The lowest BCUT2D eigenvalue weighted by atomic mass is 9.94. The fraction of sp³-hybridized carbons (Fsp3) is 0.684. The van der Waals surface area contributed by atoms with Crippen LogP contribution < -0.4 is 5.73 Å². The normalized spacial score (nSPS) is 24.8. The molecule has 0 radical (unpaired) electrons. The minimum absolute atomic E-state index is 0.0143. The Morgan fingerprint density at radius 3 is 2.45 bits per heavy atom. The summed E-state index contributed by atoms with van der Waals surface area (Å²) in [6, 6.07) is 8.72. The molecule has 0 aromatic heterocycles.